The first-order valence-electron chi connectivity index (χ1n) is 5.13. The molecule has 0 saturated carbocycles. The second-order valence-electron chi connectivity index (χ2n) is 3.67. The molecule has 2 rings (SSSR count). The number of pyridine rings is 1. The Kier molecular flexibility index (Phi) is 3.05. The molecule has 1 aromatic heterocycles. The largest absolute Gasteiger partial charge is 0.478 e. The lowest BCUT2D eigenvalue weighted by molar-refractivity contribution is 0.0697. The maximum atomic E-state index is 11.1. The number of nitrogens with one attached hydrogen (secondary N) is 1. The van der Waals surface area contributed by atoms with Gasteiger partial charge in [-0.2, -0.15) is 0 Å². The van der Waals surface area contributed by atoms with E-state index >= 15 is 0 Å². The Morgan fingerprint density at radius 2 is 1.89 bits per heavy atom. The summed E-state index contributed by atoms with van der Waals surface area (Å²) in [6.07, 6.45) is 2.05. The summed E-state index contributed by atoms with van der Waals surface area (Å²) >= 11 is 0. The molecular formula is C13H9NO4. The van der Waals surface area contributed by atoms with Gasteiger partial charge >= 0.3 is 5.97 Å². The molecule has 90 valence electrons. The standard InChI is InChI=1S/C13H9NO4/c15-7-8-1-3-9(4-2-8)11-6-14-12(16)5-10(11)13(17)18/h1-7H,(H,14,16)(H,17,18). The third kappa shape index (κ3) is 2.20. The van der Waals surface area contributed by atoms with Crippen molar-refractivity contribution in [1.29, 1.82) is 0 Å². The average molecular weight is 243 g/mol. The van der Waals surface area contributed by atoms with Gasteiger partial charge in [0.05, 0.1) is 5.56 Å². The summed E-state index contributed by atoms with van der Waals surface area (Å²) in [6.45, 7) is 0. The smallest absolute Gasteiger partial charge is 0.336 e. The predicted octanol–water partition coefficient (Wildman–Crippen LogP) is 1.55. The Bertz CT molecular complexity index is 655. The average Bonchev–Trinajstić information content (AvgIpc) is 2.39. The SMILES string of the molecule is O=Cc1ccc(-c2c[nH]c(=O)cc2C(=O)O)cc1. The molecule has 0 amide bonds. The molecule has 0 radical (unpaired) electrons. The molecular weight excluding hydrogens is 234 g/mol. The van der Waals surface area contributed by atoms with E-state index in [4.69, 9.17) is 5.11 Å². The highest BCUT2D eigenvalue weighted by Gasteiger charge is 2.12. The zero-order valence-electron chi connectivity index (χ0n) is 9.21. The summed E-state index contributed by atoms with van der Waals surface area (Å²) in [7, 11) is 0. The fourth-order valence-electron chi connectivity index (χ4n) is 1.63. The molecule has 0 unspecified atom stereocenters. The molecule has 0 saturated heterocycles. The number of benzene rings is 1. The van der Waals surface area contributed by atoms with Gasteiger partial charge in [0.1, 0.15) is 6.29 Å². The van der Waals surface area contributed by atoms with Crippen LogP contribution < -0.4 is 5.56 Å². The highest BCUT2D eigenvalue weighted by Crippen LogP contribution is 2.22. The van der Waals surface area contributed by atoms with Crippen molar-refractivity contribution in [2.24, 2.45) is 0 Å². The van der Waals surface area contributed by atoms with Gasteiger partial charge in [0, 0.05) is 23.4 Å². The summed E-state index contributed by atoms with van der Waals surface area (Å²) in [5.74, 6) is -1.17. The van der Waals surface area contributed by atoms with Crippen molar-refractivity contribution < 1.29 is 14.7 Å². The molecule has 0 aliphatic carbocycles. The summed E-state index contributed by atoms with van der Waals surface area (Å²) in [4.78, 5) is 35.1. The number of aromatic amines is 1. The van der Waals surface area contributed by atoms with Crippen molar-refractivity contribution in [3.8, 4) is 11.1 Å². The summed E-state index contributed by atoms with van der Waals surface area (Å²) < 4.78 is 0. The number of hydrogen-bond acceptors (Lipinski definition) is 3. The van der Waals surface area contributed by atoms with Crippen LogP contribution in [0.4, 0.5) is 0 Å². The number of carbonyl (C=O) groups excluding carboxylic acids is 1. The Hall–Kier alpha value is -2.69. The normalized spacial score (nSPS) is 10.0. The molecule has 0 spiro atoms. The number of aldehydes is 1. The van der Waals surface area contributed by atoms with Gasteiger partial charge < -0.3 is 10.1 Å². The first kappa shape index (κ1) is 11.8. The Balaban J connectivity index is 2.58. The van der Waals surface area contributed by atoms with Crippen LogP contribution in [0.25, 0.3) is 11.1 Å². The van der Waals surface area contributed by atoms with Crippen LogP contribution in [-0.4, -0.2) is 22.3 Å². The van der Waals surface area contributed by atoms with Crippen LogP contribution in [0.3, 0.4) is 0 Å². The van der Waals surface area contributed by atoms with Gasteiger partial charge in [-0.15, -0.1) is 0 Å². The quantitative estimate of drug-likeness (QED) is 0.800. The number of rotatable bonds is 3. The van der Waals surface area contributed by atoms with Crippen LogP contribution in [0.1, 0.15) is 20.7 Å². The van der Waals surface area contributed by atoms with Gasteiger partial charge in [0.15, 0.2) is 0 Å². The molecule has 5 nitrogen and oxygen atoms in total. The summed E-state index contributed by atoms with van der Waals surface area (Å²) in [5.41, 5.74) is 0.979. The second kappa shape index (κ2) is 4.67. The van der Waals surface area contributed by atoms with Crippen LogP contribution in [0.2, 0.25) is 0 Å². The number of hydrogen-bond donors (Lipinski definition) is 2. The van der Waals surface area contributed by atoms with E-state index < -0.39 is 11.5 Å². The van der Waals surface area contributed by atoms with Gasteiger partial charge in [-0.05, 0) is 5.56 Å². The number of carboxylic acid groups (broad SMARTS) is 1. The molecule has 5 heteroatoms. The van der Waals surface area contributed by atoms with Crippen LogP contribution >= 0.6 is 0 Å². The minimum atomic E-state index is -1.17. The molecule has 1 aromatic carbocycles. The number of H-pyrrole nitrogens is 1. The fourth-order valence-corrected chi connectivity index (χ4v) is 1.63. The van der Waals surface area contributed by atoms with Gasteiger partial charge in [0.2, 0.25) is 5.56 Å². The summed E-state index contributed by atoms with van der Waals surface area (Å²) in [6, 6.07) is 7.46. The molecule has 0 atom stereocenters. The highest BCUT2D eigenvalue weighted by molar-refractivity contribution is 5.95. The lowest BCUT2D eigenvalue weighted by Gasteiger charge is -2.05. The van der Waals surface area contributed by atoms with Crippen LogP contribution in [0.5, 0.6) is 0 Å². The Morgan fingerprint density at radius 3 is 2.44 bits per heavy atom. The maximum Gasteiger partial charge on any atom is 0.336 e. The van der Waals surface area contributed by atoms with Crippen LogP contribution in [-0.2, 0) is 0 Å². The topological polar surface area (TPSA) is 87.2 Å². The van der Waals surface area contributed by atoms with Crippen molar-refractivity contribution in [1.82, 2.24) is 4.98 Å². The van der Waals surface area contributed by atoms with Crippen molar-refractivity contribution >= 4 is 12.3 Å². The molecule has 0 aliphatic rings. The minimum absolute atomic E-state index is 0.0717. The van der Waals surface area contributed by atoms with E-state index in [0.29, 0.717) is 23.0 Å². The van der Waals surface area contributed by atoms with Crippen molar-refractivity contribution in [2.45, 2.75) is 0 Å². The molecule has 18 heavy (non-hydrogen) atoms. The minimum Gasteiger partial charge on any atom is -0.478 e. The number of carboxylic acids is 1. The first-order valence-corrected chi connectivity index (χ1v) is 5.13. The van der Waals surface area contributed by atoms with Crippen molar-refractivity contribution in [3.63, 3.8) is 0 Å². The zero-order chi connectivity index (χ0) is 13.1. The zero-order valence-corrected chi connectivity index (χ0v) is 9.21. The number of aromatic nitrogens is 1. The van der Waals surface area contributed by atoms with E-state index in [-0.39, 0.29) is 5.56 Å². The predicted molar refractivity (Wildman–Crippen MR) is 64.8 cm³/mol. The molecule has 0 fully saturated rings. The Morgan fingerprint density at radius 1 is 1.22 bits per heavy atom. The Labute approximate surface area is 102 Å². The maximum absolute atomic E-state index is 11.1. The van der Waals surface area contributed by atoms with E-state index in [1.165, 1.54) is 6.20 Å². The molecule has 2 aromatic rings. The lowest BCUT2D eigenvalue weighted by Crippen LogP contribution is -2.10. The van der Waals surface area contributed by atoms with Crippen molar-refractivity contribution in [2.75, 3.05) is 0 Å². The molecule has 2 N–H and O–H groups in total. The van der Waals surface area contributed by atoms with Gasteiger partial charge in [-0.1, -0.05) is 24.3 Å². The van der Waals surface area contributed by atoms with E-state index in [1.807, 2.05) is 0 Å². The van der Waals surface area contributed by atoms with Gasteiger partial charge in [-0.25, -0.2) is 4.79 Å². The van der Waals surface area contributed by atoms with E-state index in [2.05, 4.69) is 4.98 Å². The second-order valence-corrected chi connectivity index (χ2v) is 3.67. The van der Waals surface area contributed by atoms with Crippen LogP contribution in [0.15, 0.2) is 41.3 Å². The molecule has 1 heterocycles. The van der Waals surface area contributed by atoms with E-state index in [9.17, 15) is 14.4 Å². The number of aromatic carboxylic acids is 1. The first-order chi connectivity index (χ1) is 8.61. The van der Waals surface area contributed by atoms with Crippen molar-refractivity contribution in [3.05, 3.63) is 58.0 Å². The molecule has 0 bridgehead atoms. The monoisotopic (exact) mass is 243 g/mol. The fraction of sp³-hybridized carbons (Fsp3) is 0. The highest BCUT2D eigenvalue weighted by atomic mass is 16.4. The van der Waals surface area contributed by atoms with Crippen LogP contribution in [0, 0.1) is 0 Å². The number of carbonyl (C=O) groups is 2. The van der Waals surface area contributed by atoms with Gasteiger partial charge in [0.25, 0.3) is 0 Å². The van der Waals surface area contributed by atoms with E-state index in [1.54, 1.807) is 24.3 Å². The lowest BCUT2D eigenvalue weighted by atomic mass is 10.0. The summed E-state index contributed by atoms with van der Waals surface area (Å²) in [5, 5.41) is 9.04. The molecule has 0 aliphatic heterocycles. The third-order valence-electron chi connectivity index (χ3n) is 2.51. The third-order valence-corrected chi connectivity index (χ3v) is 2.51. The van der Waals surface area contributed by atoms with E-state index in [0.717, 1.165) is 6.07 Å². The van der Waals surface area contributed by atoms with Gasteiger partial charge in [-0.3, -0.25) is 9.59 Å².